The number of carbonyl (C=O) groups is 1. The highest BCUT2D eigenvalue weighted by atomic mass is 79.9. The van der Waals surface area contributed by atoms with Crippen molar-refractivity contribution in [3.8, 4) is 0 Å². The summed E-state index contributed by atoms with van der Waals surface area (Å²) >= 11 is 3.45. The summed E-state index contributed by atoms with van der Waals surface area (Å²) < 4.78 is 1.04. The molecule has 120 valence electrons. The quantitative estimate of drug-likeness (QED) is 0.822. The molecular formula is C15H17BrN6O. The Labute approximate surface area is 142 Å². The van der Waals surface area contributed by atoms with E-state index >= 15 is 0 Å². The molecule has 0 bridgehead atoms. The fourth-order valence-corrected chi connectivity index (χ4v) is 2.90. The van der Waals surface area contributed by atoms with Crippen LogP contribution in [-0.4, -0.2) is 52.7 Å². The number of hydrogen-bond acceptors (Lipinski definition) is 6. The van der Waals surface area contributed by atoms with Crippen molar-refractivity contribution in [2.45, 2.75) is 6.92 Å². The van der Waals surface area contributed by atoms with Gasteiger partial charge in [-0.05, 0) is 30.7 Å². The van der Waals surface area contributed by atoms with E-state index in [4.69, 9.17) is 0 Å². The van der Waals surface area contributed by atoms with Crippen molar-refractivity contribution in [3.63, 3.8) is 0 Å². The number of anilines is 3. The SMILES string of the molecule is Cc1cc(Br)ccc1Nc1cnnc(N2CCN(C=O)CC2)n1. The number of halogens is 1. The zero-order valence-electron chi connectivity index (χ0n) is 12.7. The molecule has 1 aromatic heterocycles. The van der Waals surface area contributed by atoms with Crippen molar-refractivity contribution in [1.82, 2.24) is 20.1 Å². The molecule has 3 rings (SSSR count). The van der Waals surface area contributed by atoms with Gasteiger partial charge in [0.2, 0.25) is 12.4 Å². The van der Waals surface area contributed by atoms with Gasteiger partial charge < -0.3 is 15.1 Å². The second-order valence-electron chi connectivity index (χ2n) is 5.35. The lowest BCUT2D eigenvalue weighted by molar-refractivity contribution is -0.118. The maximum atomic E-state index is 10.8. The molecule has 8 heteroatoms. The van der Waals surface area contributed by atoms with E-state index < -0.39 is 0 Å². The van der Waals surface area contributed by atoms with Crippen LogP contribution in [0, 0.1) is 6.92 Å². The number of rotatable bonds is 4. The van der Waals surface area contributed by atoms with Gasteiger partial charge >= 0.3 is 0 Å². The summed E-state index contributed by atoms with van der Waals surface area (Å²) in [6, 6.07) is 6.00. The third kappa shape index (κ3) is 3.76. The van der Waals surface area contributed by atoms with E-state index in [1.54, 1.807) is 11.1 Å². The summed E-state index contributed by atoms with van der Waals surface area (Å²) in [6.45, 7) is 4.80. The molecule has 0 radical (unpaired) electrons. The topological polar surface area (TPSA) is 74.2 Å². The summed E-state index contributed by atoms with van der Waals surface area (Å²) in [5.74, 6) is 1.23. The minimum absolute atomic E-state index is 0.579. The van der Waals surface area contributed by atoms with Gasteiger partial charge in [0.25, 0.3) is 0 Å². The lowest BCUT2D eigenvalue weighted by atomic mass is 10.2. The van der Waals surface area contributed by atoms with E-state index in [1.807, 2.05) is 30.0 Å². The molecule has 1 fully saturated rings. The Morgan fingerprint density at radius 1 is 1.26 bits per heavy atom. The van der Waals surface area contributed by atoms with E-state index in [0.717, 1.165) is 22.1 Å². The van der Waals surface area contributed by atoms with Gasteiger partial charge in [-0.15, -0.1) is 5.10 Å². The molecule has 2 heterocycles. The zero-order valence-corrected chi connectivity index (χ0v) is 14.3. The number of aromatic nitrogens is 3. The second-order valence-corrected chi connectivity index (χ2v) is 6.27. The first kappa shape index (κ1) is 15.7. The van der Waals surface area contributed by atoms with Crippen LogP contribution < -0.4 is 10.2 Å². The maximum absolute atomic E-state index is 10.8. The molecular weight excluding hydrogens is 360 g/mol. The fraction of sp³-hybridized carbons (Fsp3) is 0.333. The van der Waals surface area contributed by atoms with Crippen LogP contribution in [0.2, 0.25) is 0 Å². The van der Waals surface area contributed by atoms with E-state index in [1.165, 1.54) is 0 Å². The van der Waals surface area contributed by atoms with Crippen LogP contribution in [0.5, 0.6) is 0 Å². The molecule has 0 aliphatic carbocycles. The van der Waals surface area contributed by atoms with Crippen molar-refractivity contribution in [2.75, 3.05) is 36.4 Å². The minimum atomic E-state index is 0.579. The third-order valence-electron chi connectivity index (χ3n) is 3.75. The van der Waals surface area contributed by atoms with Gasteiger partial charge in [-0.25, -0.2) is 0 Å². The minimum Gasteiger partial charge on any atom is -0.342 e. The Morgan fingerprint density at radius 2 is 2.04 bits per heavy atom. The van der Waals surface area contributed by atoms with Crippen molar-refractivity contribution in [3.05, 3.63) is 34.4 Å². The van der Waals surface area contributed by atoms with Gasteiger partial charge in [0.05, 0.1) is 6.20 Å². The van der Waals surface area contributed by atoms with E-state index in [2.05, 4.69) is 36.4 Å². The van der Waals surface area contributed by atoms with Crippen LogP contribution in [0.15, 0.2) is 28.9 Å². The number of hydrogen-bond donors (Lipinski definition) is 1. The summed E-state index contributed by atoms with van der Waals surface area (Å²) in [6.07, 6.45) is 2.48. The number of amides is 1. The molecule has 23 heavy (non-hydrogen) atoms. The van der Waals surface area contributed by atoms with Crippen LogP contribution in [0.3, 0.4) is 0 Å². The highest BCUT2D eigenvalue weighted by Gasteiger charge is 2.18. The van der Waals surface area contributed by atoms with E-state index in [0.29, 0.717) is 37.9 Å². The Balaban J connectivity index is 1.74. The summed E-state index contributed by atoms with van der Waals surface area (Å²) in [4.78, 5) is 19.1. The summed E-state index contributed by atoms with van der Waals surface area (Å²) in [5.41, 5.74) is 2.09. The molecule has 7 nitrogen and oxygen atoms in total. The Morgan fingerprint density at radius 3 is 2.74 bits per heavy atom. The van der Waals surface area contributed by atoms with Crippen molar-refractivity contribution < 1.29 is 4.79 Å². The molecule has 1 N–H and O–H groups in total. The highest BCUT2D eigenvalue weighted by molar-refractivity contribution is 9.10. The number of piperazine rings is 1. The Kier molecular flexibility index (Phi) is 4.71. The molecule has 1 aliphatic rings. The number of nitrogens with one attached hydrogen (secondary N) is 1. The first-order chi connectivity index (χ1) is 11.2. The lowest BCUT2D eigenvalue weighted by Gasteiger charge is -2.32. The fourth-order valence-electron chi connectivity index (χ4n) is 2.42. The first-order valence-corrected chi connectivity index (χ1v) is 8.12. The molecule has 0 spiro atoms. The highest BCUT2D eigenvalue weighted by Crippen LogP contribution is 2.23. The maximum Gasteiger partial charge on any atom is 0.247 e. The Bertz CT molecular complexity index is 702. The van der Waals surface area contributed by atoms with Gasteiger partial charge in [-0.3, -0.25) is 4.79 Å². The molecule has 0 saturated carbocycles. The smallest absolute Gasteiger partial charge is 0.247 e. The van der Waals surface area contributed by atoms with Crippen molar-refractivity contribution >= 4 is 39.8 Å². The second kappa shape index (κ2) is 6.91. The Hall–Kier alpha value is -2.22. The largest absolute Gasteiger partial charge is 0.342 e. The zero-order chi connectivity index (χ0) is 16.2. The molecule has 1 aromatic carbocycles. The predicted molar refractivity (Wildman–Crippen MR) is 91.8 cm³/mol. The van der Waals surface area contributed by atoms with Crippen molar-refractivity contribution in [1.29, 1.82) is 0 Å². The molecule has 0 atom stereocenters. The molecule has 0 unspecified atom stereocenters. The standard InChI is InChI=1S/C15H17BrN6O/c1-11-8-12(16)2-3-13(11)18-14-9-17-20-15(19-14)22-6-4-21(10-23)5-7-22/h2-3,8-10H,4-7H2,1H3,(H,18,19,20). The van der Waals surface area contributed by atoms with Gasteiger partial charge in [-0.1, -0.05) is 15.9 Å². The van der Waals surface area contributed by atoms with Crippen LogP contribution in [0.1, 0.15) is 5.56 Å². The van der Waals surface area contributed by atoms with Crippen LogP contribution in [0.4, 0.5) is 17.5 Å². The van der Waals surface area contributed by atoms with Gasteiger partial charge in [0.1, 0.15) is 0 Å². The monoisotopic (exact) mass is 376 g/mol. The molecule has 2 aromatic rings. The predicted octanol–water partition coefficient (Wildman–Crippen LogP) is 1.96. The van der Waals surface area contributed by atoms with Gasteiger partial charge in [0, 0.05) is 36.3 Å². The van der Waals surface area contributed by atoms with Crippen LogP contribution in [0.25, 0.3) is 0 Å². The van der Waals surface area contributed by atoms with E-state index in [9.17, 15) is 4.79 Å². The number of carbonyl (C=O) groups excluding carboxylic acids is 1. The van der Waals surface area contributed by atoms with Crippen molar-refractivity contribution in [2.24, 2.45) is 0 Å². The average Bonchev–Trinajstić information content (AvgIpc) is 2.58. The average molecular weight is 377 g/mol. The number of aryl methyl sites for hydroxylation is 1. The van der Waals surface area contributed by atoms with Crippen LogP contribution in [-0.2, 0) is 4.79 Å². The van der Waals surface area contributed by atoms with Crippen LogP contribution >= 0.6 is 15.9 Å². The third-order valence-corrected chi connectivity index (χ3v) is 4.24. The van der Waals surface area contributed by atoms with Gasteiger partial charge in [-0.2, -0.15) is 10.1 Å². The molecule has 1 aliphatic heterocycles. The van der Waals surface area contributed by atoms with Gasteiger partial charge in [0.15, 0.2) is 5.82 Å². The van der Waals surface area contributed by atoms with E-state index in [-0.39, 0.29) is 0 Å². The first-order valence-electron chi connectivity index (χ1n) is 7.33. The molecule has 1 saturated heterocycles. The number of benzene rings is 1. The normalized spacial score (nSPS) is 14.7. The number of nitrogens with zero attached hydrogens (tertiary/aromatic N) is 5. The lowest BCUT2D eigenvalue weighted by Crippen LogP contribution is -2.46. The summed E-state index contributed by atoms with van der Waals surface area (Å²) in [7, 11) is 0. The summed E-state index contributed by atoms with van der Waals surface area (Å²) in [5, 5.41) is 11.4. The molecule has 1 amide bonds.